The Morgan fingerprint density at radius 1 is 1.35 bits per heavy atom. The van der Waals surface area contributed by atoms with Gasteiger partial charge in [-0.1, -0.05) is 6.92 Å². The Hall–Kier alpha value is -1.69. The van der Waals surface area contributed by atoms with Gasteiger partial charge in [0.15, 0.2) is 11.6 Å². The van der Waals surface area contributed by atoms with Gasteiger partial charge >= 0.3 is 0 Å². The van der Waals surface area contributed by atoms with E-state index in [4.69, 9.17) is 11.6 Å². The summed E-state index contributed by atoms with van der Waals surface area (Å²) in [6, 6.07) is 0.748. The molecule has 0 spiro atoms. The highest BCUT2D eigenvalue weighted by Crippen LogP contribution is 2.45. The lowest BCUT2D eigenvalue weighted by atomic mass is 10.1. The van der Waals surface area contributed by atoms with Crippen molar-refractivity contribution in [3.8, 4) is 5.69 Å². The summed E-state index contributed by atoms with van der Waals surface area (Å²) < 4.78 is 2.05. The first-order chi connectivity index (χ1) is 9.70. The molecule has 20 heavy (non-hydrogen) atoms. The highest BCUT2D eigenvalue weighted by molar-refractivity contribution is 6.28. The van der Waals surface area contributed by atoms with E-state index in [0.717, 1.165) is 29.6 Å². The van der Waals surface area contributed by atoms with E-state index in [2.05, 4.69) is 36.6 Å². The van der Waals surface area contributed by atoms with Crippen molar-refractivity contribution in [2.45, 2.75) is 45.2 Å². The van der Waals surface area contributed by atoms with E-state index < -0.39 is 0 Å². The molecular weight excluding hydrogens is 276 g/mol. The van der Waals surface area contributed by atoms with Crippen LogP contribution >= 0.6 is 11.6 Å². The molecule has 0 bridgehead atoms. The van der Waals surface area contributed by atoms with Crippen LogP contribution in [0.1, 0.15) is 43.9 Å². The highest BCUT2D eigenvalue weighted by atomic mass is 35.5. The second-order valence-corrected chi connectivity index (χ2v) is 5.69. The average Bonchev–Trinajstić information content (AvgIpc) is 3.20. The summed E-state index contributed by atoms with van der Waals surface area (Å²) in [7, 11) is 0. The van der Waals surface area contributed by atoms with E-state index >= 15 is 0 Å². The van der Waals surface area contributed by atoms with E-state index in [1.807, 2.05) is 6.92 Å². The monoisotopic (exact) mass is 290 g/mol. The minimum absolute atomic E-state index is 0.210. The lowest BCUT2D eigenvalue weighted by Crippen LogP contribution is -2.37. The van der Waals surface area contributed by atoms with Gasteiger partial charge in [-0.25, -0.2) is 4.98 Å². The second kappa shape index (κ2) is 4.15. The predicted octanol–water partition coefficient (Wildman–Crippen LogP) is 2.45. The maximum Gasteiger partial charge on any atom is 0.224 e. The third-order valence-electron chi connectivity index (χ3n) is 4.02. The topological polar surface area (TPSA) is 59.7 Å². The number of anilines is 1. The van der Waals surface area contributed by atoms with E-state index in [1.165, 1.54) is 12.8 Å². The molecule has 0 N–H and O–H groups in total. The molecule has 2 aromatic heterocycles. The smallest absolute Gasteiger partial charge is 0.224 e. The molecule has 1 fully saturated rings. The second-order valence-electron chi connectivity index (χ2n) is 5.35. The van der Waals surface area contributed by atoms with Gasteiger partial charge in [-0.05, 0) is 37.8 Å². The molecule has 2 aromatic rings. The van der Waals surface area contributed by atoms with Gasteiger partial charge in [0.2, 0.25) is 5.28 Å². The van der Waals surface area contributed by atoms with Crippen molar-refractivity contribution in [3.05, 3.63) is 23.1 Å². The van der Waals surface area contributed by atoms with Crippen LogP contribution in [0.15, 0.2) is 6.20 Å². The first kappa shape index (κ1) is 12.1. The zero-order valence-electron chi connectivity index (χ0n) is 11.4. The summed E-state index contributed by atoms with van der Waals surface area (Å²) in [5.74, 6) is 2.76. The third kappa shape index (κ3) is 1.57. The molecule has 0 radical (unpaired) electrons. The Morgan fingerprint density at radius 2 is 2.15 bits per heavy atom. The number of aromatic nitrogens is 5. The number of nitrogens with zero attached hydrogens (tertiary/aromatic N) is 6. The minimum atomic E-state index is 0.210. The molecule has 1 atom stereocenters. The minimum Gasteiger partial charge on any atom is -0.341 e. The zero-order valence-corrected chi connectivity index (χ0v) is 12.2. The van der Waals surface area contributed by atoms with Crippen molar-refractivity contribution in [3.63, 3.8) is 0 Å². The molecule has 1 aliphatic heterocycles. The van der Waals surface area contributed by atoms with Gasteiger partial charge in [-0.3, -0.25) is 4.57 Å². The Labute approximate surface area is 121 Å². The van der Waals surface area contributed by atoms with Gasteiger partial charge < -0.3 is 4.90 Å². The molecule has 0 saturated heterocycles. The summed E-state index contributed by atoms with van der Waals surface area (Å²) in [4.78, 5) is 11.0. The average molecular weight is 291 g/mol. The van der Waals surface area contributed by atoms with Gasteiger partial charge in [-0.2, -0.15) is 4.98 Å². The van der Waals surface area contributed by atoms with Crippen LogP contribution < -0.4 is 4.90 Å². The van der Waals surface area contributed by atoms with Crippen LogP contribution in [0.3, 0.4) is 0 Å². The first-order valence-electron chi connectivity index (χ1n) is 6.94. The van der Waals surface area contributed by atoms with Crippen molar-refractivity contribution in [2.24, 2.45) is 0 Å². The molecule has 3 heterocycles. The van der Waals surface area contributed by atoms with E-state index in [-0.39, 0.29) is 6.04 Å². The molecule has 6 nitrogen and oxygen atoms in total. The third-order valence-corrected chi connectivity index (χ3v) is 4.20. The lowest BCUT2D eigenvalue weighted by molar-refractivity contribution is 0.531. The summed E-state index contributed by atoms with van der Waals surface area (Å²) in [5, 5.41) is 8.89. The number of fused-ring (bicyclic) bond motifs is 3. The summed E-state index contributed by atoms with van der Waals surface area (Å²) in [6.45, 7) is 4.12. The zero-order chi connectivity index (χ0) is 13.9. The van der Waals surface area contributed by atoms with Gasteiger partial charge in [0.1, 0.15) is 11.5 Å². The molecule has 1 saturated carbocycles. The van der Waals surface area contributed by atoms with Gasteiger partial charge in [0, 0.05) is 6.04 Å². The van der Waals surface area contributed by atoms with Crippen molar-refractivity contribution in [1.29, 1.82) is 0 Å². The fourth-order valence-electron chi connectivity index (χ4n) is 3.02. The van der Waals surface area contributed by atoms with Crippen LogP contribution in [0.5, 0.6) is 0 Å². The molecule has 104 valence electrons. The molecular formula is C13H15ClN6. The number of halogens is 1. The number of aryl methyl sites for hydroxylation is 1. The highest BCUT2D eigenvalue weighted by Gasteiger charge is 2.42. The molecule has 4 rings (SSSR count). The number of rotatable bonds is 2. The van der Waals surface area contributed by atoms with Crippen molar-refractivity contribution in [1.82, 2.24) is 24.7 Å². The van der Waals surface area contributed by atoms with Gasteiger partial charge in [-0.15, -0.1) is 10.2 Å². The van der Waals surface area contributed by atoms with Gasteiger partial charge in [0.25, 0.3) is 0 Å². The van der Waals surface area contributed by atoms with Crippen LogP contribution in [0.4, 0.5) is 5.82 Å². The summed E-state index contributed by atoms with van der Waals surface area (Å²) >= 11 is 6.01. The van der Waals surface area contributed by atoms with E-state index in [1.54, 1.807) is 6.20 Å². The maximum absolute atomic E-state index is 6.01. The first-order valence-corrected chi connectivity index (χ1v) is 7.31. The molecule has 1 aliphatic carbocycles. The normalized spacial score (nSPS) is 20.8. The Bertz CT molecular complexity index is 677. The lowest BCUT2D eigenvalue weighted by Gasteiger charge is -2.37. The fraction of sp³-hybridized carbons (Fsp3) is 0.538. The van der Waals surface area contributed by atoms with Crippen molar-refractivity contribution < 1.29 is 0 Å². The SMILES string of the molecule is CCC1c2nnc(C)n2-c2cnc(Cl)nc2N1C1CC1. The van der Waals surface area contributed by atoms with Crippen LogP contribution in [-0.2, 0) is 0 Å². The summed E-state index contributed by atoms with van der Waals surface area (Å²) in [6.07, 6.45) is 5.14. The fourth-order valence-corrected chi connectivity index (χ4v) is 3.15. The Morgan fingerprint density at radius 3 is 2.85 bits per heavy atom. The molecule has 0 aromatic carbocycles. The Balaban J connectivity index is 1.99. The largest absolute Gasteiger partial charge is 0.341 e. The van der Waals surface area contributed by atoms with Crippen molar-refractivity contribution >= 4 is 17.4 Å². The predicted molar refractivity (Wildman–Crippen MR) is 75.2 cm³/mol. The van der Waals surface area contributed by atoms with Crippen LogP contribution in [-0.4, -0.2) is 30.8 Å². The van der Waals surface area contributed by atoms with E-state index in [0.29, 0.717) is 11.3 Å². The molecule has 0 amide bonds. The molecule has 1 unspecified atom stereocenters. The standard InChI is InChI=1S/C13H15ClN6/c1-3-9-12-18-17-7(2)19(12)10-6-15-13(14)16-11(10)20(9)8-4-5-8/h6,8-9H,3-5H2,1-2H3. The maximum atomic E-state index is 6.01. The van der Waals surface area contributed by atoms with Crippen LogP contribution in [0.25, 0.3) is 5.69 Å². The van der Waals surface area contributed by atoms with Crippen LogP contribution in [0, 0.1) is 6.92 Å². The molecule has 2 aliphatic rings. The summed E-state index contributed by atoms with van der Waals surface area (Å²) in [5.41, 5.74) is 0.934. The number of hydrogen-bond donors (Lipinski definition) is 0. The quantitative estimate of drug-likeness (QED) is 0.795. The van der Waals surface area contributed by atoms with Crippen LogP contribution in [0.2, 0.25) is 5.28 Å². The Kier molecular flexibility index (Phi) is 2.51. The molecule has 7 heteroatoms. The van der Waals surface area contributed by atoms with Crippen molar-refractivity contribution in [2.75, 3.05) is 4.90 Å². The number of hydrogen-bond acceptors (Lipinski definition) is 5. The van der Waals surface area contributed by atoms with E-state index in [9.17, 15) is 0 Å². The van der Waals surface area contributed by atoms with Gasteiger partial charge in [0.05, 0.1) is 12.2 Å².